The van der Waals surface area contributed by atoms with Gasteiger partial charge in [0.15, 0.2) is 5.78 Å². The van der Waals surface area contributed by atoms with Crippen LogP contribution < -0.4 is 14.5 Å². The Labute approximate surface area is 201 Å². The maximum Gasteiger partial charge on any atom is 0.159 e. The smallest absolute Gasteiger partial charge is 0.159 e. The monoisotopic (exact) mass is 460 g/mol. The lowest BCUT2D eigenvalue weighted by Gasteiger charge is -2.48. The molecule has 4 aliphatic rings. The average Bonchev–Trinajstić information content (AvgIpc) is 3.28. The molecule has 2 aromatic rings. The van der Waals surface area contributed by atoms with Crippen molar-refractivity contribution >= 4 is 17.2 Å². The van der Waals surface area contributed by atoms with E-state index in [0.29, 0.717) is 0 Å². The summed E-state index contributed by atoms with van der Waals surface area (Å²) in [5, 5.41) is 4.89. The molecule has 1 atom stereocenters. The molecule has 4 aliphatic heterocycles. The van der Waals surface area contributed by atoms with Gasteiger partial charge in [-0.3, -0.25) is 4.79 Å². The Bertz CT molecular complexity index is 1140. The van der Waals surface area contributed by atoms with Crippen molar-refractivity contribution in [3.05, 3.63) is 65.2 Å². The van der Waals surface area contributed by atoms with E-state index in [1.807, 2.05) is 12.1 Å². The lowest BCUT2D eigenvalue weighted by atomic mass is 9.82. The number of hydrogen-bond donors (Lipinski definition) is 0. The molecule has 0 aromatic heterocycles. The Hall–Kier alpha value is -2.87. The highest BCUT2D eigenvalue weighted by Crippen LogP contribution is 2.50. The molecule has 0 saturated carbocycles. The second-order valence-electron chi connectivity index (χ2n) is 10.1. The summed E-state index contributed by atoms with van der Waals surface area (Å²) in [4.78, 5) is 16.4. The third-order valence-electron chi connectivity index (χ3n) is 7.49. The van der Waals surface area contributed by atoms with Gasteiger partial charge in [0, 0.05) is 48.2 Å². The number of morpholine rings is 1. The molecule has 178 valence electrons. The normalized spacial score (nSPS) is 24.1. The van der Waals surface area contributed by atoms with Gasteiger partial charge in [-0.2, -0.15) is 0 Å². The molecule has 0 aliphatic carbocycles. The van der Waals surface area contributed by atoms with E-state index in [-0.39, 0.29) is 17.4 Å². The molecule has 0 bridgehead atoms. The van der Waals surface area contributed by atoms with Crippen LogP contribution in [0.25, 0.3) is 0 Å². The lowest BCUT2D eigenvalue weighted by Crippen LogP contribution is -2.51. The van der Waals surface area contributed by atoms with Crippen LogP contribution in [0.5, 0.6) is 5.75 Å². The van der Waals surface area contributed by atoms with Gasteiger partial charge < -0.3 is 19.3 Å². The predicted octanol–water partition coefficient (Wildman–Crippen LogP) is 3.83. The van der Waals surface area contributed by atoms with Crippen molar-refractivity contribution in [2.75, 3.05) is 56.0 Å². The van der Waals surface area contributed by atoms with E-state index in [0.717, 1.165) is 63.2 Å². The molecule has 0 N–H and O–H groups in total. The third kappa shape index (κ3) is 3.59. The average molecular weight is 461 g/mol. The zero-order valence-corrected chi connectivity index (χ0v) is 20.2. The van der Waals surface area contributed by atoms with Crippen LogP contribution in [0.1, 0.15) is 42.7 Å². The van der Waals surface area contributed by atoms with E-state index in [9.17, 15) is 4.79 Å². The Morgan fingerprint density at radius 2 is 1.71 bits per heavy atom. The molecule has 0 spiro atoms. The summed E-state index contributed by atoms with van der Waals surface area (Å²) in [5.41, 5.74) is 5.26. The number of carbonyl (C=O) groups excluding carboxylic acids is 1. The van der Waals surface area contributed by atoms with Gasteiger partial charge in [-0.05, 0) is 56.7 Å². The van der Waals surface area contributed by atoms with E-state index in [4.69, 9.17) is 9.47 Å². The lowest BCUT2D eigenvalue weighted by molar-refractivity contribution is -0.0296. The Morgan fingerprint density at radius 3 is 2.44 bits per heavy atom. The number of fused-ring (bicyclic) bond motifs is 5. The molecule has 0 radical (unpaired) electrons. The van der Waals surface area contributed by atoms with Crippen molar-refractivity contribution in [1.29, 1.82) is 0 Å². The van der Waals surface area contributed by atoms with E-state index in [1.54, 1.807) is 6.92 Å². The quantitative estimate of drug-likeness (QED) is 0.510. The summed E-state index contributed by atoms with van der Waals surface area (Å²) in [6.07, 6.45) is 2.35. The van der Waals surface area contributed by atoms with Crippen molar-refractivity contribution in [3.63, 3.8) is 0 Å². The second kappa shape index (κ2) is 8.12. The molecule has 2 fully saturated rings. The highest BCUT2D eigenvalue weighted by molar-refractivity contribution is 5.94. The van der Waals surface area contributed by atoms with Crippen LogP contribution in [0.4, 0.5) is 11.4 Å². The van der Waals surface area contributed by atoms with Gasteiger partial charge in [-0.15, -0.1) is 0 Å². The van der Waals surface area contributed by atoms with E-state index in [1.165, 1.54) is 16.8 Å². The number of ketones is 1. The van der Waals surface area contributed by atoms with Crippen molar-refractivity contribution in [2.24, 2.45) is 0 Å². The molecule has 0 amide bonds. The number of hydrogen-bond acceptors (Lipinski definition) is 7. The summed E-state index contributed by atoms with van der Waals surface area (Å²) in [6, 6.07) is 14.8. The van der Waals surface area contributed by atoms with Crippen molar-refractivity contribution in [2.45, 2.75) is 32.4 Å². The Kier molecular flexibility index (Phi) is 5.17. The molecular weight excluding hydrogens is 428 g/mol. The van der Waals surface area contributed by atoms with Crippen molar-refractivity contribution in [3.8, 4) is 5.75 Å². The largest absolute Gasteiger partial charge is 0.483 e. The summed E-state index contributed by atoms with van der Waals surface area (Å²) in [5.74, 6) is 1.07. The van der Waals surface area contributed by atoms with Crippen LogP contribution in [0.3, 0.4) is 0 Å². The fourth-order valence-electron chi connectivity index (χ4n) is 5.63. The summed E-state index contributed by atoms with van der Waals surface area (Å²) >= 11 is 0. The number of hydrazine groups is 1. The molecule has 34 heavy (non-hydrogen) atoms. The van der Waals surface area contributed by atoms with E-state index >= 15 is 0 Å². The van der Waals surface area contributed by atoms with Gasteiger partial charge in [0.1, 0.15) is 11.4 Å². The molecule has 7 nitrogen and oxygen atoms in total. The number of Topliss-reactive ketones (excluding diaryl/α,β-unsaturated/α-hetero) is 1. The SMILES string of the molecule is CC(=O)c1ccc(N2CN3CC=C4C(c5ccc(N6CCOCC6)cc5OC4(C)C)N3C2)cc1. The zero-order chi connectivity index (χ0) is 23.4. The number of nitrogens with zero attached hydrogens (tertiary/aromatic N) is 4. The molecule has 4 heterocycles. The van der Waals surface area contributed by atoms with Crippen LogP contribution in [0.15, 0.2) is 54.1 Å². The highest BCUT2D eigenvalue weighted by atomic mass is 16.5. The van der Waals surface area contributed by atoms with Crippen LogP contribution >= 0.6 is 0 Å². The first kappa shape index (κ1) is 21.6. The first-order valence-corrected chi connectivity index (χ1v) is 12.1. The van der Waals surface area contributed by atoms with Gasteiger partial charge >= 0.3 is 0 Å². The molecule has 2 saturated heterocycles. The first-order chi connectivity index (χ1) is 16.4. The van der Waals surface area contributed by atoms with E-state index in [2.05, 4.69) is 70.1 Å². The van der Waals surface area contributed by atoms with Crippen LogP contribution in [0, 0.1) is 0 Å². The van der Waals surface area contributed by atoms with Gasteiger partial charge in [-0.1, -0.05) is 12.1 Å². The summed E-state index contributed by atoms with van der Waals surface area (Å²) in [6.45, 7) is 11.8. The zero-order valence-electron chi connectivity index (χ0n) is 20.2. The highest BCUT2D eigenvalue weighted by Gasteiger charge is 2.47. The Morgan fingerprint density at radius 1 is 0.971 bits per heavy atom. The maximum atomic E-state index is 11.7. The molecule has 2 aromatic carbocycles. The van der Waals surface area contributed by atoms with E-state index < -0.39 is 0 Å². The molecule has 1 unspecified atom stereocenters. The molecule has 6 rings (SSSR count). The summed E-state index contributed by atoms with van der Waals surface area (Å²) in [7, 11) is 0. The second-order valence-corrected chi connectivity index (χ2v) is 10.1. The molecular formula is C27H32N4O3. The van der Waals surface area contributed by atoms with Crippen LogP contribution in [-0.2, 0) is 4.74 Å². The van der Waals surface area contributed by atoms with Gasteiger partial charge in [0.05, 0.1) is 32.6 Å². The maximum absolute atomic E-state index is 11.7. The fourth-order valence-corrected chi connectivity index (χ4v) is 5.63. The minimum Gasteiger partial charge on any atom is -0.483 e. The van der Waals surface area contributed by atoms with Gasteiger partial charge in [-0.25, -0.2) is 10.0 Å². The number of benzene rings is 2. The Balaban J connectivity index is 1.32. The topological polar surface area (TPSA) is 48.5 Å². The van der Waals surface area contributed by atoms with Crippen molar-refractivity contribution < 1.29 is 14.3 Å². The molecule has 7 heteroatoms. The number of rotatable bonds is 3. The first-order valence-electron chi connectivity index (χ1n) is 12.1. The minimum atomic E-state index is -0.371. The van der Waals surface area contributed by atoms with Crippen LogP contribution in [0.2, 0.25) is 0 Å². The fraction of sp³-hybridized carbons (Fsp3) is 0.444. The number of carbonyl (C=O) groups is 1. The summed E-state index contributed by atoms with van der Waals surface area (Å²) < 4.78 is 12.1. The van der Waals surface area contributed by atoms with Crippen molar-refractivity contribution in [1.82, 2.24) is 10.0 Å². The third-order valence-corrected chi connectivity index (χ3v) is 7.49. The number of anilines is 2. The standard InChI is InChI=1S/C27H32N4O3/c1-19(32)20-4-6-21(7-5-20)29-17-30-11-10-24-26(31(30)18-29)23-9-8-22(28-12-14-33-15-13-28)16-25(23)34-27(24,2)3/h4-10,16,26H,11-15,17-18H2,1-3H3. The van der Waals surface area contributed by atoms with Gasteiger partial charge in [0.25, 0.3) is 0 Å². The minimum absolute atomic E-state index is 0.0977. The van der Waals surface area contributed by atoms with Gasteiger partial charge in [0.2, 0.25) is 0 Å². The number of ether oxygens (including phenoxy) is 2. The predicted molar refractivity (Wildman–Crippen MR) is 132 cm³/mol. The van der Waals surface area contributed by atoms with Crippen LogP contribution in [-0.4, -0.2) is 67.6 Å².